The summed E-state index contributed by atoms with van der Waals surface area (Å²) in [5.41, 5.74) is 2.31. The number of benzene rings is 2. The maximum absolute atomic E-state index is 13.2. The molecule has 2 aromatic carbocycles. The van der Waals surface area contributed by atoms with Gasteiger partial charge in [0.2, 0.25) is 15.5 Å². The molecule has 8 nitrogen and oxygen atoms in total. The fourth-order valence-corrected chi connectivity index (χ4v) is 5.73. The van der Waals surface area contributed by atoms with Crippen molar-refractivity contribution in [3.05, 3.63) is 75.6 Å². The summed E-state index contributed by atoms with van der Waals surface area (Å²) in [5.74, 6) is -0.357. The minimum Gasteiger partial charge on any atom is -0.379 e. The molecule has 9 heteroatoms. The Kier molecular flexibility index (Phi) is 5.32. The number of morpholine rings is 1. The molecular formula is C23H23N3O5S. The van der Waals surface area contributed by atoms with Gasteiger partial charge in [-0.05, 0) is 35.7 Å². The molecule has 2 aliphatic rings. The Labute approximate surface area is 185 Å². The molecule has 0 atom stereocenters. The molecule has 166 valence electrons. The highest BCUT2D eigenvalue weighted by Gasteiger charge is 2.28. The van der Waals surface area contributed by atoms with Crippen molar-refractivity contribution in [3.63, 3.8) is 0 Å². The SMILES string of the molecule is O=C(c1c[nH]c2ccc(S(=O)(=O)N3CCOCC3)cc2c1=O)N1CCc2ccccc2C1. The van der Waals surface area contributed by atoms with Crippen LogP contribution in [0, 0.1) is 0 Å². The number of carbonyl (C=O) groups excluding carboxylic acids is 1. The van der Waals surface area contributed by atoms with Gasteiger partial charge in [0.15, 0.2) is 0 Å². The number of nitrogens with one attached hydrogen (secondary N) is 1. The predicted molar refractivity (Wildman–Crippen MR) is 119 cm³/mol. The molecule has 5 rings (SSSR count). The zero-order valence-corrected chi connectivity index (χ0v) is 18.2. The lowest BCUT2D eigenvalue weighted by Gasteiger charge is -2.28. The number of H-pyrrole nitrogens is 1. The van der Waals surface area contributed by atoms with Gasteiger partial charge in [0.25, 0.3) is 5.91 Å². The lowest BCUT2D eigenvalue weighted by atomic mass is 9.99. The third-order valence-electron chi connectivity index (χ3n) is 6.11. The maximum Gasteiger partial charge on any atom is 0.259 e. The Bertz CT molecular complexity index is 1360. The van der Waals surface area contributed by atoms with Gasteiger partial charge < -0.3 is 14.6 Å². The first-order valence-corrected chi connectivity index (χ1v) is 12.0. The Balaban J connectivity index is 1.49. The van der Waals surface area contributed by atoms with Gasteiger partial charge in [-0.25, -0.2) is 8.42 Å². The minimum absolute atomic E-state index is 0.0119. The summed E-state index contributed by atoms with van der Waals surface area (Å²) in [4.78, 5) is 31.1. The van der Waals surface area contributed by atoms with Gasteiger partial charge in [0.1, 0.15) is 5.56 Å². The molecule has 1 saturated heterocycles. The van der Waals surface area contributed by atoms with Crippen molar-refractivity contribution in [2.75, 3.05) is 32.8 Å². The van der Waals surface area contributed by atoms with E-state index in [1.807, 2.05) is 18.2 Å². The summed E-state index contributed by atoms with van der Waals surface area (Å²) >= 11 is 0. The van der Waals surface area contributed by atoms with Crippen LogP contribution in [0.2, 0.25) is 0 Å². The van der Waals surface area contributed by atoms with E-state index in [-0.39, 0.29) is 34.8 Å². The van der Waals surface area contributed by atoms with E-state index in [1.165, 1.54) is 28.2 Å². The number of carbonyl (C=O) groups is 1. The van der Waals surface area contributed by atoms with Gasteiger partial charge in [0.05, 0.1) is 18.1 Å². The first-order valence-electron chi connectivity index (χ1n) is 10.5. The molecule has 1 N–H and O–H groups in total. The van der Waals surface area contributed by atoms with Crippen LogP contribution in [0.15, 0.2) is 58.4 Å². The number of aromatic amines is 1. The number of hydrogen-bond donors (Lipinski definition) is 1. The molecule has 0 aliphatic carbocycles. The van der Waals surface area contributed by atoms with E-state index >= 15 is 0 Å². The highest BCUT2D eigenvalue weighted by atomic mass is 32.2. The van der Waals surface area contributed by atoms with Crippen LogP contribution in [0.4, 0.5) is 0 Å². The van der Waals surface area contributed by atoms with Crippen molar-refractivity contribution < 1.29 is 17.9 Å². The average molecular weight is 454 g/mol. The molecule has 1 amide bonds. The van der Waals surface area contributed by atoms with Crippen molar-refractivity contribution in [2.45, 2.75) is 17.9 Å². The van der Waals surface area contributed by atoms with Crippen LogP contribution >= 0.6 is 0 Å². The fourth-order valence-electron chi connectivity index (χ4n) is 4.29. The van der Waals surface area contributed by atoms with E-state index in [0.29, 0.717) is 31.8 Å². The van der Waals surface area contributed by atoms with E-state index in [2.05, 4.69) is 11.1 Å². The summed E-state index contributed by atoms with van der Waals surface area (Å²) in [6, 6.07) is 12.4. The molecule has 0 spiro atoms. The second-order valence-electron chi connectivity index (χ2n) is 8.00. The van der Waals surface area contributed by atoms with Gasteiger partial charge in [0, 0.05) is 43.3 Å². The summed E-state index contributed by atoms with van der Waals surface area (Å²) < 4.78 is 32.6. The van der Waals surface area contributed by atoms with Gasteiger partial charge >= 0.3 is 0 Å². The second kappa shape index (κ2) is 8.16. The first kappa shape index (κ1) is 20.9. The maximum atomic E-state index is 13.2. The quantitative estimate of drug-likeness (QED) is 0.651. The lowest BCUT2D eigenvalue weighted by molar-refractivity contribution is 0.0730. The minimum atomic E-state index is -3.75. The molecule has 1 aromatic heterocycles. The molecule has 32 heavy (non-hydrogen) atoms. The van der Waals surface area contributed by atoms with E-state index in [9.17, 15) is 18.0 Å². The topological polar surface area (TPSA) is 99.8 Å². The predicted octanol–water partition coefficient (Wildman–Crippen LogP) is 1.75. The molecule has 1 fully saturated rings. The number of aromatic nitrogens is 1. The third kappa shape index (κ3) is 3.62. The summed E-state index contributed by atoms with van der Waals surface area (Å²) in [6.45, 7) is 2.18. The number of ether oxygens (including phenoxy) is 1. The van der Waals surface area contributed by atoms with Crippen LogP contribution in [0.1, 0.15) is 21.5 Å². The van der Waals surface area contributed by atoms with Crippen molar-refractivity contribution >= 4 is 26.8 Å². The van der Waals surface area contributed by atoms with Gasteiger partial charge in [-0.15, -0.1) is 0 Å². The highest BCUT2D eigenvalue weighted by Crippen LogP contribution is 2.22. The van der Waals surface area contributed by atoms with Crippen LogP contribution in [-0.4, -0.2) is 61.4 Å². The molecular weight excluding hydrogens is 430 g/mol. The number of hydrogen-bond acceptors (Lipinski definition) is 5. The number of rotatable bonds is 3. The number of sulfonamides is 1. The third-order valence-corrected chi connectivity index (χ3v) is 8.00. The van der Waals surface area contributed by atoms with Crippen LogP contribution in [0.5, 0.6) is 0 Å². The van der Waals surface area contributed by atoms with Crippen molar-refractivity contribution in [2.24, 2.45) is 0 Å². The van der Waals surface area contributed by atoms with Crippen LogP contribution < -0.4 is 5.43 Å². The van der Waals surface area contributed by atoms with Gasteiger partial charge in [-0.1, -0.05) is 24.3 Å². The van der Waals surface area contributed by atoms with E-state index in [4.69, 9.17) is 4.74 Å². The Morgan fingerprint density at radius 3 is 2.53 bits per heavy atom. The van der Waals surface area contributed by atoms with Gasteiger partial charge in [-0.3, -0.25) is 9.59 Å². The molecule has 3 heterocycles. The number of nitrogens with zero attached hydrogens (tertiary/aromatic N) is 2. The fraction of sp³-hybridized carbons (Fsp3) is 0.304. The monoisotopic (exact) mass is 453 g/mol. The molecule has 2 aliphatic heterocycles. The number of amides is 1. The summed E-state index contributed by atoms with van der Waals surface area (Å²) in [6.07, 6.45) is 2.15. The molecule has 3 aromatic rings. The summed E-state index contributed by atoms with van der Waals surface area (Å²) in [7, 11) is -3.75. The van der Waals surface area contributed by atoms with Crippen molar-refractivity contribution in [3.8, 4) is 0 Å². The van der Waals surface area contributed by atoms with E-state index in [0.717, 1.165) is 12.0 Å². The molecule has 0 bridgehead atoms. The van der Waals surface area contributed by atoms with Crippen molar-refractivity contribution in [1.29, 1.82) is 0 Å². The van der Waals surface area contributed by atoms with E-state index < -0.39 is 15.5 Å². The van der Waals surface area contributed by atoms with Crippen LogP contribution in [0.3, 0.4) is 0 Å². The van der Waals surface area contributed by atoms with E-state index in [1.54, 1.807) is 11.0 Å². The zero-order chi connectivity index (χ0) is 22.3. The first-order chi connectivity index (χ1) is 15.4. The lowest BCUT2D eigenvalue weighted by Crippen LogP contribution is -2.40. The largest absolute Gasteiger partial charge is 0.379 e. The molecule has 0 saturated carbocycles. The molecule has 0 radical (unpaired) electrons. The Morgan fingerprint density at radius 1 is 1.00 bits per heavy atom. The molecule has 0 unspecified atom stereocenters. The smallest absolute Gasteiger partial charge is 0.259 e. The normalized spacial score (nSPS) is 17.3. The average Bonchev–Trinajstić information content (AvgIpc) is 2.84. The number of fused-ring (bicyclic) bond motifs is 2. The highest BCUT2D eigenvalue weighted by molar-refractivity contribution is 7.89. The summed E-state index contributed by atoms with van der Waals surface area (Å²) in [5, 5.41) is 0.183. The Hall–Kier alpha value is -3.01. The van der Waals surface area contributed by atoms with Crippen LogP contribution in [-0.2, 0) is 27.7 Å². The van der Waals surface area contributed by atoms with Gasteiger partial charge in [-0.2, -0.15) is 4.31 Å². The van der Waals surface area contributed by atoms with Crippen LogP contribution in [0.25, 0.3) is 10.9 Å². The second-order valence-corrected chi connectivity index (χ2v) is 9.94. The number of pyridine rings is 1. The Morgan fingerprint density at radius 2 is 1.75 bits per heavy atom. The standard InChI is InChI=1S/C23H23N3O5S/c27-22-19-13-18(32(29,30)26-9-11-31-12-10-26)5-6-21(19)24-14-20(22)23(28)25-8-7-16-3-1-2-4-17(16)15-25/h1-6,13-14H,7-12,15H2,(H,24,27). The zero-order valence-electron chi connectivity index (χ0n) is 17.4. The van der Waals surface area contributed by atoms with Crippen molar-refractivity contribution in [1.82, 2.24) is 14.2 Å².